The van der Waals surface area contributed by atoms with Crippen LogP contribution in [0.4, 0.5) is 5.82 Å². The van der Waals surface area contributed by atoms with E-state index >= 15 is 0 Å². The molecule has 1 rings (SSSR count). The molecule has 1 aromatic rings. The molecule has 7 nitrogen and oxygen atoms in total. The summed E-state index contributed by atoms with van der Waals surface area (Å²) in [7, 11) is 0. The molecule has 0 spiro atoms. The molecule has 0 amide bonds. The molecule has 0 radical (unpaired) electrons. The SMILES string of the molecule is O=C(O)c1cnc(Cl)c([N+](=O)[O-])n1. The predicted octanol–water partition coefficient (Wildman–Crippen LogP) is 0.736. The van der Waals surface area contributed by atoms with Gasteiger partial charge in [-0.05, 0) is 9.91 Å². The molecule has 1 N–H and O–H groups in total. The van der Waals surface area contributed by atoms with E-state index in [2.05, 4.69) is 9.97 Å². The molecule has 68 valence electrons. The highest BCUT2D eigenvalue weighted by Gasteiger charge is 2.21. The van der Waals surface area contributed by atoms with Gasteiger partial charge in [0.15, 0.2) is 0 Å². The zero-order chi connectivity index (χ0) is 10.0. The van der Waals surface area contributed by atoms with Gasteiger partial charge in [0.2, 0.25) is 5.15 Å². The highest BCUT2D eigenvalue weighted by Crippen LogP contribution is 2.17. The highest BCUT2D eigenvalue weighted by molar-refractivity contribution is 6.31. The average Bonchev–Trinajstić information content (AvgIpc) is 2.04. The van der Waals surface area contributed by atoms with E-state index in [9.17, 15) is 14.9 Å². The molecule has 8 heteroatoms. The quantitative estimate of drug-likeness (QED) is 0.561. The number of hydrogen-bond donors (Lipinski definition) is 1. The Morgan fingerprint density at radius 1 is 1.69 bits per heavy atom. The fraction of sp³-hybridized carbons (Fsp3) is 0. The molecule has 0 aliphatic heterocycles. The Labute approximate surface area is 76.1 Å². The third-order valence-electron chi connectivity index (χ3n) is 1.10. The zero-order valence-corrected chi connectivity index (χ0v) is 6.72. The van der Waals surface area contributed by atoms with Gasteiger partial charge in [-0.3, -0.25) is 0 Å². The van der Waals surface area contributed by atoms with Gasteiger partial charge >= 0.3 is 11.8 Å². The largest absolute Gasteiger partial charge is 0.475 e. The number of hydrogen-bond acceptors (Lipinski definition) is 5. The van der Waals surface area contributed by atoms with E-state index in [0.29, 0.717) is 0 Å². The summed E-state index contributed by atoms with van der Waals surface area (Å²) in [5.41, 5.74) is -0.517. The van der Waals surface area contributed by atoms with Crippen molar-refractivity contribution >= 4 is 23.4 Å². The first-order valence-electron chi connectivity index (χ1n) is 2.92. The van der Waals surface area contributed by atoms with Crippen molar-refractivity contribution in [3.8, 4) is 0 Å². The van der Waals surface area contributed by atoms with Crippen molar-refractivity contribution in [3.05, 3.63) is 27.2 Å². The normalized spacial score (nSPS) is 9.62. The number of carbonyl (C=O) groups is 1. The Bertz CT molecular complexity index is 380. The minimum absolute atomic E-state index is 0.435. The third kappa shape index (κ3) is 1.88. The van der Waals surface area contributed by atoms with Crippen molar-refractivity contribution in [3.63, 3.8) is 0 Å². The van der Waals surface area contributed by atoms with Crippen LogP contribution < -0.4 is 0 Å². The Balaban J connectivity index is 3.27. The minimum Gasteiger partial charge on any atom is -0.475 e. The predicted molar refractivity (Wildman–Crippen MR) is 40.7 cm³/mol. The maximum atomic E-state index is 10.3. The van der Waals surface area contributed by atoms with E-state index < -0.39 is 27.6 Å². The van der Waals surface area contributed by atoms with Crippen LogP contribution in [0.15, 0.2) is 6.20 Å². The second-order valence-electron chi connectivity index (χ2n) is 1.93. The Morgan fingerprint density at radius 2 is 2.31 bits per heavy atom. The number of aromatic carboxylic acids is 1. The first-order chi connectivity index (χ1) is 6.02. The van der Waals surface area contributed by atoms with Crippen LogP contribution in [0.25, 0.3) is 0 Å². The van der Waals surface area contributed by atoms with E-state index in [1.165, 1.54) is 0 Å². The van der Waals surface area contributed by atoms with Crippen LogP contribution in [-0.2, 0) is 0 Å². The standard InChI is InChI=1S/C5H2ClN3O4/c6-3-4(9(12)13)8-2(1-7-3)5(10)11/h1H,(H,10,11). The van der Waals surface area contributed by atoms with E-state index in [1.54, 1.807) is 0 Å². The van der Waals surface area contributed by atoms with Gasteiger partial charge in [-0.25, -0.2) is 9.78 Å². The Morgan fingerprint density at radius 3 is 2.77 bits per heavy atom. The first-order valence-corrected chi connectivity index (χ1v) is 3.30. The topological polar surface area (TPSA) is 106 Å². The molecule has 1 heterocycles. The summed E-state index contributed by atoms with van der Waals surface area (Å²) >= 11 is 5.29. The fourth-order valence-electron chi connectivity index (χ4n) is 0.584. The highest BCUT2D eigenvalue weighted by atomic mass is 35.5. The number of halogens is 1. The molecule has 0 atom stereocenters. The van der Waals surface area contributed by atoms with Gasteiger partial charge in [0.05, 0.1) is 6.20 Å². The fourth-order valence-corrected chi connectivity index (χ4v) is 0.744. The van der Waals surface area contributed by atoms with Crippen LogP contribution in [-0.4, -0.2) is 26.0 Å². The summed E-state index contributed by atoms with van der Waals surface area (Å²) in [5, 5.41) is 18.2. The van der Waals surface area contributed by atoms with Gasteiger partial charge in [0.25, 0.3) is 5.69 Å². The van der Waals surface area contributed by atoms with Crippen LogP contribution in [0.5, 0.6) is 0 Å². The van der Waals surface area contributed by atoms with Crippen molar-refractivity contribution < 1.29 is 14.8 Å². The Hall–Kier alpha value is -1.76. The number of aromatic nitrogens is 2. The van der Waals surface area contributed by atoms with Crippen molar-refractivity contribution in [2.24, 2.45) is 0 Å². The van der Waals surface area contributed by atoms with Crippen LogP contribution in [0.2, 0.25) is 5.15 Å². The first kappa shape index (κ1) is 9.33. The number of rotatable bonds is 2. The number of nitrogens with zero attached hydrogens (tertiary/aromatic N) is 3. The number of carboxylic acid groups (broad SMARTS) is 1. The van der Waals surface area contributed by atoms with Gasteiger partial charge in [-0.1, -0.05) is 11.6 Å². The second-order valence-corrected chi connectivity index (χ2v) is 2.29. The summed E-state index contributed by atoms with van der Waals surface area (Å²) in [4.78, 5) is 26.1. The lowest BCUT2D eigenvalue weighted by atomic mass is 10.4. The van der Waals surface area contributed by atoms with Gasteiger partial charge in [0.1, 0.15) is 0 Å². The maximum absolute atomic E-state index is 10.3. The van der Waals surface area contributed by atoms with Gasteiger partial charge < -0.3 is 15.2 Å². The molecule has 0 saturated heterocycles. The molecule has 0 aromatic carbocycles. The van der Waals surface area contributed by atoms with Gasteiger partial charge in [-0.2, -0.15) is 0 Å². The summed E-state index contributed by atoms with van der Waals surface area (Å²) in [5.74, 6) is -2.16. The van der Waals surface area contributed by atoms with Crippen LogP contribution >= 0.6 is 11.6 Å². The van der Waals surface area contributed by atoms with Crippen LogP contribution in [0.1, 0.15) is 10.5 Å². The van der Waals surface area contributed by atoms with E-state index in [1.807, 2.05) is 0 Å². The van der Waals surface area contributed by atoms with Crippen molar-refractivity contribution in [2.75, 3.05) is 0 Å². The van der Waals surface area contributed by atoms with Gasteiger partial charge in [0, 0.05) is 0 Å². The second kappa shape index (κ2) is 3.31. The lowest BCUT2D eigenvalue weighted by molar-refractivity contribution is -0.389. The number of nitro groups is 1. The molecular weight excluding hydrogens is 202 g/mol. The third-order valence-corrected chi connectivity index (χ3v) is 1.37. The van der Waals surface area contributed by atoms with Crippen molar-refractivity contribution in [1.29, 1.82) is 0 Å². The maximum Gasteiger partial charge on any atom is 0.402 e. The zero-order valence-electron chi connectivity index (χ0n) is 5.97. The number of carboxylic acids is 1. The molecule has 0 unspecified atom stereocenters. The van der Waals surface area contributed by atoms with Crippen molar-refractivity contribution in [1.82, 2.24) is 9.97 Å². The molecule has 13 heavy (non-hydrogen) atoms. The lowest BCUT2D eigenvalue weighted by Crippen LogP contribution is -2.04. The van der Waals surface area contributed by atoms with E-state index in [0.717, 1.165) is 6.20 Å². The molecule has 1 aromatic heterocycles. The molecule has 0 fully saturated rings. The van der Waals surface area contributed by atoms with Crippen LogP contribution in [0, 0.1) is 10.1 Å². The summed E-state index contributed by atoms with van der Waals surface area (Å²) < 4.78 is 0. The van der Waals surface area contributed by atoms with Crippen LogP contribution in [0.3, 0.4) is 0 Å². The summed E-state index contributed by atoms with van der Waals surface area (Å²) in [6.45, 7) is 0. The monoisotopic (exact) mass is 203 g/mol. The molecular formula is C5H2ClN3O4. The molecule has 0 saturated carbocycles. The minimum atomic E-state index is -1.40. The smallest absolute Gasteiger partial charge is 0.402 e. The van der Waals surface area contributed by atoms with Crippen molar-refractivity contribution in [2.45, 2.75) is 0 Å². The average molecular weight is 204 g/mol. The molecule has 0 aliphatic rings. The van der Waals surface area contributed by atoms with Gasteiger partial charge in [-0.15, -0.1) is 0 Å². The molecule has 0 bridgehead atoms. The molecule has 0 aliphatic carbocycles. The van der Waals surface area contributed by atoms with E-state index in [-0.39, 0.29) is 0 Å². The summed E-state index contributed by atoms with van der Waals surface area (Å²) in [6.07, 6.45) is 0.845. The lowest BCUT2D eigenvalue weighted by Gasteiger charge is -1.93. The van der Waals surface area contributed by atoms with E-state index in [4.69, 9.17) is 16.7 Å². The summed E-state index contributed by atoms with van der Waals surface area (Å²) in [6, 6.07) is 0. The Kier molecular flexibility index (Phi) is 2.38.